The average molecular weight is 189 g/mol. The molecule has 2 rings (SSSR count). The van der Waals surface area contributed by atoms with Gasteiger partial charge in [-0.1, -0.05) is 24.3 Å². The van der Waals surface area contributed by atoms with Crippen LogP contribution in [0.5, 0.6) is 5.75 Å². The van der Waals surface area contributed by atoms with Crippen LogP contribution in [-0.4, -0.2) is 25.2 Å². The summed E-state index contributed by atoms with van der Waals surface area (Å²) in [7, 11) is 2.05. The maximum atomic E-state index is 5.70. The maximum absolute atomic E-state index is 5.70. The summed E-state index contributed by atoms with van der Waals surface area (Å²) in [5, 5.41) is 0. The highest BCUT2D eigenvalue weighted by atomic mass is 16.5. The molecule has 0 amide bonds. The zero-order valence-electron chi connectivity index (χ0n) is 8.66. The van der Waals surface area contributed by atoms with E-state index in [4.69, 9.17) is 4.74 Å². The van der Waals surface area contributed by atoms with Crippen LogP contribution in [0.3, 0.4) is 0 Å². The van der Waals surface area contributed by atoms with Gasteiger partial charge in [0.1, 0.15) is 12.5 Å². The summed E-state index contributed by atoms with van der Waals surface area (Å²) in [6.45, 7) is 3.72. The van der Waals surface area contributed by atoms with Crippen molar-refractivity contribution < 1.29 is 4.74 Å². The van der Waals surface area contributed by atoms with Gasteiger partial charge >= 0.3 is 0 Å². The van der Waals surface area contributed by atoms with E-state index in [1.54, 1.807) is 0 Å². The Morgan fingerprint density at radius 2 is 2.07 bits per heavy atom. The van der Waals surface area contributed by atoms with Crippen LogP contribution >= 0.6 is 0 Å². The fourth-order valence-electron chi connectivity index (χ4n) is 1.55. The maximum Gasteiger partial charge on any atom is 0.142 e. The Labute approximate surface area is 84.8 Å². The van der Waals surface area contributed by atoms with Gasteiger partial charge in [0.2, 0.25) is 0 Å². The largest absolute Gasteiger partial charge is 0.478 e. The molecule has 0 aliphatic carbocycles. The van der Waals surface area contributed by atoms with Crippen LogP contribution in [0.4, 0.5) is 0 Å². The second-order valence-electron chi connectivity index (χ2n) is 3.70. The second kappa shape index (κ2) is 3.84. The molecule has 2 nitrogen and oxygen atoms in total. The first-order valence-electron chi connectivity index (χ1n) is 4.85. The first kappa shape index (κ1) is 9.28. The van der Waals surface area contributed by atoms with Crippen molar-refractivity contribution in [1.29, 1.82) is 0 Å². The molecule has 1 aromatic carbocycles. The van der Waals surface area contributed by atoms with Crippen molar-refractivity contribution >= 4 is 5.57 Å². The van der Waals surface area contributed by atoms with E-state index in [9.17, 15) is 0 Å². The topological polar surface area (TPSA) is 12.5 Å². The fraction of sp³-hybridized carbons (Fsp3) is 0.333. The molecule has 1 aromatic rings. The first-order valence-corrected chi connectivity index (χ1v) is 4.85. The third-order valence-corrected chi connectivity index (χ3v) is 2.46. The third kappa shape index (κ3) is 1.80. The summed E-state index contributed by atoms with van der Waals surface area (Å²) in [6.07, 6.45) is 2.24. The van der Waals surface area contributed by atoms with Crippen LogP contribution in [0.25, 0.3) is 5.57 Å². The normalized spacial score (nSPS) is 21.1. The van der Waals surface area contributed by atoms with Crippen molar-refractivity contribution in [2.45, 2.75) is 6.92 Å². The van der Waals surface area contributed by atoms with E-state index in [0.29, 0.717) is 6.73 Å². The number of benzene rings is 1. The summed E-state index contributed by atoms with van der Waals surface area (Å²) >= 11 is 0. The van der Waals surface area contributed by atoms with Crippen molar-refractivity contribution in [3.05, 3.63) is 35.9 Å². The van der Waals surface area contributed by atoms with Crippen LogP contribution in [0.15, 0.2) is 30.3 Å². The monoisotopic (exact) mass is 189 g/mol. The second-order valence-corrected chi connectivity index (χ2v) is 3.70. The first-order chi connectivity index (χ1) is 6.77. The molecule has 0 aromatic heterocycles. The molecule has 14 heavy (non-hydrogen) atoms. The zero-order valence-corrected chi connectivity index (χ0v) is 8.66. The van der Waals surface area contributed by atoms with Crippen LogP contribution in [0, 0.1) is 0 Å². The Kier molecular flexibility index (Phi) is 2.55. The highest BCUT2D eigenvalue weighted by molar-refractivity contribution is 5.69. The molecular weight excluding hydrogens is 174 g/mol. The Bertz CT molecular complexity index is 357. The van der Waals surface area contributed by atoms with Crippen LogP contribution in [0.1, 0.15) is 12.5 Å². The summed E-state index contributed by atoms with van der Waals surface area (Å²) in [6, 6.07) is 8.18. The van der Waals surface area contributed by atoms with E-state index < -0.39 is 0 Å². The Morgan fingerprint density at radius 3 is 2.93 bits per heavy atom. The van der Waals surface area contributed by atoms with Crippen LogP contribution in [-0.2, 0) is 0 Å². The Balaban J connectivity index is 2.40. The number of ether oxygens (including phenoxy) is 1. The Morgan fingerprint density at radius 1 is 1.29 bits per heavy atom. The lowest BCUT2D eigenvalue weighted by Gasteiger charge is -2.21. The molecule has 1 aliphatic heterocycles. The molecule has 0 radical (unpaired) electrons. The smallest absolute Gasteiger partial charge is 0.142 e. The highest BCUT2D eigenvalue weighted by Gasteiger charge is 2.08. The van der Waals surface area contributed by atoms with Gasteiger partial charge < -0.3 is 4.74 Å². The number of likely N-dealkylation sites (N-methyl/N-ethyl adjacent to an activating group) is 1. The molecule has 0 spiro atoms. The lowest BCUT2D eigenvalue weighted by molar-refractivity contribution is 0.163. The van der Waals surface area contributed by atoms with Gasteiger partial charge in [0.05, 0.1) is 0 Å². The van der Waals surface area contributed by atoms with Gasteiger partial charge in [-0.05, 0) is 25.6 Å². The molecule has 0 saturated heterocycles. The minimum Gasteiger partial charge on any atom is -0.478 e. The summed E-state index contributed by atoms with van der Waals surface area (Å²) < 4.78 is 5.70. The minimum absolute atomic E-state index is 0.654. The van der Waals surface area contributed by atoms with Crippen LogP contribution < -0.4 is 4.74 Å². The van der Waals surface area contributed by atoms with E-state index in [-0.39, 0.29) is 0 Å². The SMILES string of the molecule is C/C1=C/CN(C)COc2ccccc21. The molecule has 74 valence electrons. The van der Waals surface area contributed by atoms with Crippen molar-refractivity contribution in [2.75, 3.05) is 20.3 Å². The molecule has 2 heteroatoms. The average Bonchev–Trinajstić information content (AvgIpc) is 2.21. The van der Waals surface area contributed by atoms with E-state index in [0.717, 1.165) is 12.3 Å². The van der Waals surface area contributed by atoms with Gasteiger partial charge in [-0.15, -0.1) is 0 Å². The fourth-order valence-corrected chi connectivity index (χ4v) is 1.55. The van der Waals surface area contributed by atoms with Gasteiger partial charge in [0, 0.05) is 12.1 Å². The summed E-state index contributed by atoms with van der Waals surface area (Å²) in [5.74, 6) is 0.979. The third-order valence-electron chi connectivity index (χ3n) is 2.46. The highest BCUT2D eigenvalue weighted by Crippen LogP contribution is 2.26. The van der Waals surface area contributed by atoms with E-state index in [1.807, 2.05) is 18.2 Å². The van der Waals surface area contributed by atoms with Gasteiger partial charge in [0.25, 0.3) is 0 Å². The molecule has 0 saturated carbocycles. The number of rotatable bonds is 0. The molecule has 1 aliphatic rings. The molecule has 0 N–H and O–H groups in total. The van der Waals surface area contributed by atoms with E-state index in [1.165, 1.54) is 11.1 Å². The van der Waals surface area contributed by atoms with Crippen molar-refractivity contribution in [2.24, 2.45) is 0 Å². The predicted octanol–water partition coefficient (Wildman–Crippen LogP) is 2.37. The number of hydrogen-bond donors (Lipinski definition) is 0. The molecule has 0 unspecified atom stereocenters. The number of allylic oxidation sites excluding steroid dienone is 1. The van der Waals surface area contributed by atoms with E-state index in [2.05, 4.69) is 31.0 Å². The quantitative estimate of drug-likeness (QED) is 0.621. The molecule has 0 fully saturated rings. The van der Waals surface area contributed by atoms with Crippen LogP contribution in [0.2, 0.25) is 0 Å². The van der Waals surface area contributed by atoms with Gasteiger partial charge in [-0.25, -0.2) is 0 Å². The zero-order chi connectivity index (χ0) is 9.97. The Hall–Kier alpha value is -1.28. The standard InChI is InChI=1S/C12H15NO/c1-10-7-8-13(2)9-14-12-6-4-3-5-11(10)12/h3-7H,8-9H2,1-2H3/b10-7-. The molecular formula is C12H15NO. The molecule has 1 heterocycles. The van der Waals surface area contributed by atoms with Crippen molar-refractivity contribution in [1.82, 2.24) is 4.90 Å². The summed E-state index contributed by atoms with van der Waals surface area (Å²) in [5.41, 5.74) is 2.49. The van der Waals surface area contributed by atoms with Gasteiger partial charge in [-0.2, -0.15) is 0 Å². The van der Waals surface area contributed by atoms with E-state index >= 15 is 0 Å². The van der Waals surface area contributed by atoms with Gasteiger partial charge in [-0.3, -0.25) is 4.90 Å². The molecule has 0 bridgehead atoms. The predicted molar refractivity (Wildman–Crippen MR) is 58.2 cm³/mol. The van der Waals surface area contributed by atoms with Crippen molar-refractivity contribution in [3.8, 4) is 5.75 Å². The van der Waals surface area contributed by atoms with Gasteiger partial charge in [0.15, 0.2) is 0 Å². The number of nitrogens with zero attached hydrogens (tertiary/aromatic N) is 1. The minimum atomic E-state index is 0.654. The van der Waals surface area contributed by atoms with Crippen molar-refractivity contribution in [3.63, 3.8) is 0 Å². The summed E-state index contributed by atoms with van der Waals surface area (Å²) in [4.78, 5) is 2.14. The number of para-hydroxylation sites is 1. The number of hydrogen-bond acceptors (Lipinski definition) is 2. The molecule has 0 atom stereocenters. The lowest BCUT2D eigenvalue weighted by Crippen LogP contribution is -2.25. The number of fused-ring (bicyclic) bond motifs is 1. The lowest BCUT2D eigenvalue weighted by atomic mass is 10.1.